The van der Waals surface area contributed by atoms with Crippen molar-refractivity contribution in [2.45, 2.75) is 55.8 Å². The first-order chi connectivity index (χ1) is 21.8. The van der Waals surface area contributed by atoms with Gasteiger partial charge in [0.1, 0.15) is 11.9 Å². The summed E-state index contributed by atoms with van der Waals surface area (Å²) in [7, 11) is -3.40. The summed E-state index contributed by atoms with van der Waals surface area (Å²) in [6.07, 6.45) is -4.18. The van der Waals surface area contributed by atoms with Crippen LogP contribution in [-0.4, -0.2) is 75.0 Å². The van der Waals surface area contributed by atoms with Crippen molar-refractivity contribution in [3.05, 3.63) is 78.0 Å². The largest absolute Gasteiger partial charge is 0.573 e. The topological polar surface area (TPSA) is 127 Å². The SMILES string of the molecule is CCS(=O)(=O)c1ccc(C(CCO)NC(=O)c2ccc(N3C[C@@H](Oc4ccc(OC(F)(F)F)cn4)C[C@H]3COC(F)F)cc2)cc1. The maximum atomic E-state index is 13.1. The highest BCUT2D eigenvalue weighted by Crippen LogP contribution is 2.30. The van der Waals surface area contributed by atoms with Crippen LogP contribution in [0.2, 0.25) is 0 Å². The number of aromatic nitrogens is 1. The molecule has 2 aromatic carbocycles. The molecule has 1 saturated heterocycles. The second-order valence-corrected chi connectivity index (χ2v) is 12.6. The predicted molar refractivity (Wildman–Crippen MR) is 156 cm³/mol. The Hall–Kier alpha value is -4.02. The zero-order valence-corrected chi connectivity index (χ0v) is 25.3. The van der Waals surface area contributed by atoms with Crippen molar-refractivity contribution in [1.82, 2.24) is 10.3 Å². The van der Waals surface area contributed by atoms with Crippen LogP contribution in [0.1, 0.15) is 41.7 Å². The first-order valence-corrected chi connectivity index (χ1v) is 15.8. The Morgan fingerprint density at radius 2 is 1.78 bits per heavy atom. The van der Waals surface area contributed by atoms with E-state index >= 15 is 0 Å². The van der Waals surface area contributed by atoms with E-state index in [9.17, 15) is 40.3 Å². The monoisotopic (exact) mass is 673 g/mol. The molecule has 0 bridgehead atoms. The number of hydrogen-bond donors (Lipinski definition) is 2. The summed E-state index contributed by atoms with van der Waals surface area (Å²) in [6.45, 7) is -1.84. The minimum Gasteiger partial charge on any atom is -0.472 e. The summed E-state index contributed by atoms with van der Waals surface area (Å²) < 4.78 is 101. The molecule has 16 heteroatoms. The van der Waals surface area contributed by atoms with E-state index in [2.05, 4.69) is 19.8 Å². The van der Waals surface area contributed by atoms with Gasteiger partial charge in [-0.05, 0) is 54.4 Å². The van der Waals surface area contributed by atoms with E-state index in [-0.39, 0.29) is 54.7 Å². The molecule has 2 N–H and O–H groups in total. The predicted octanol–water partition coefficient (Wildman–Crippen LogP) is 4.89. The number of benzene rings is 2. The van der Waals surface area contributed by atoms with Gasteiger partial charge >= 0.3 is 13.0 Å². The number of sulfone groups is 1. The van der Waals surface area contributed by atoms with Gasteiger partial charge in [-0.3, -0.25) is 4.79 Å². The van der Waals surface area contributed by atoms with Crippen LogP contribution >= 0.6 is 0 Å². The van der Waals surface area contributed by atoms with Crippen molar-refractivity contribution in [3.63, 3.8) is 0 Å². The van der Waals surface area contributed by atoms with Crippen molar-refractivity contribution in [3.8, 4) is 11.6 Å². The van der Waals surface area contributed by atoms with E-state index in [4.69, 9.17) is 4.74 Å². The Labute approximate surface area is 262 Å². The molecule has 0 aliphatic carbocycles. The molecule has 250 valence electrons. The quantitative estimate of drug-likeness (QED) is 0.230. The molecule has 10 nitrogen and oxygen atoms in total. The molecule has 3 atom stereocenters. The number of aliphatic hydroxyl groups is 1. The molecular formula is C30H32F5N3O7S. The number of rotatable bonds is 14. The summed E-state index contributed by atoms with van der Waals surface area (Å²) >= 11 is 0. The molecule has 1 aliphatic heterocycles. The highest BCUT2D eigenvalue weighted by molar-refractivity contribution is 7.91. The Bertz CT molecular complexity index is 1540. The van der Waals surface area contributed by atoms with Gasteiger partial charge < -0.3 is 29.5 Å². The lowest BCUT2D eigenvalue weighted by atomic mass is 10.0. The molecule has 4 rings (SSSR count). The average molecular weight is 674 g/mol. The van der Waals surface area contributed by atoms with Gasteiger partial charge in [0, 0.05) is 30.3 Å². The number of nitrogens with zero attached hydrogens (tertiary/aromatic N) is 2. The molecule has 2 heterocycles. The van der Waals surface area contributed by atoms with Gasteiger partial charge in [0.25, 0.3) is 5.91 Å². The number of carbonyl (C=O) groups excluding carboxylic acids is 1. The maximum absolute atomic E-state index is 13.1. The summed E-state index contributed by atoms with van der Waals surface area (Å²) in [4.78, 5) is 18.8. The number of halogens is 5. The number of amides is 1. The molecule has 3 aromatic rings. The molecule has 1 unspecified atom stereocenters. The molecular weight excluding hydrogens is 641 g/mol. The van der Waals surface area contributed by atoms with Gasteiger partial charge in [-0.25, -0.2) is 13.4 Å². The molecule has 1 aromatic heterocycles. The van der Waals surface area contributed by atoms with Crippen LogP contribution in [0.4, 0.5) is 27.6 Å². The Morgan fingerprint density at radius 3 is 2.35 bits per heavy atom. The van der Waals surface area contributed by atoms with Crippen molar-refractivity contribution in [1.29, 1.82) is 0 Å². The van der Waals surface area contributed by atoms with Gasteiger partial charge in [-0.2, -0.15) is 8.78 Å². The molecule has 0 saturated carbocycles. The van der Waals surface area contributed by atoms with Crippen molar-refractivity contribution in [2.24, 2.45) is 0 Å². The fraction of sp³-hybridized carbons (Fsp3) is 0.400. The summed E-state index contributed by atoms with van der Waals surface area (Å²) in [5, 5.41) is 12.4. The van der Waals surface area contributed by atoms with E-state index in [1.807, 2.05) is 0 Å². The van der Waals surface area contributed by atoms with Crippen LogP contribution in [0.5, 0.6) is 11.6 Å². The fourth-order valence-electron chi connectivity index (χ4n) is 4.99. The molecule has 0 radical (unpaired) electrons. The van der Waals surface area contributed by atoms with Crippen molar-refractivity contribution in [2.75, 3.05) is 30.4 Å². The number of pyridine rings is 1. The highest BCUT2D eigenvalue weighted by atomic mass is 32.2. The van der Waals surface area contributed by atoms with Gasteiger partial charge in [-0.1, -0.05) is 19.1 Å². The van der Waals surface area contributed by atoms with Gasteiger partial charge in [0.2, 0.25) is 5.88 Å². The number of carbonyl (C=O) groups is 1. The molecule has 1 fully saturated rings. The van der Waals surface area contributed by atoms with Crippen LogP contribution in [-0.2, 0) is 14.6 Å². The lowest BCUT2D eigenvalue weighted by Crippen LogP contribution is -2.34. The fourth-order valence-corrected chi connectivity index (χ4v) is 5.87. The zero-order valence-electron chi connectivity index (χ0n) is 24.5. The van der Waals surface area contributed by atoms with Gasteiger partial charge in [0.05, 0.1) is 42.1 Å². The van der Waals surface area contributed by atoms with Crippen molar-refractivity contribution >= 4 is 21.4 Å². The van der Waals surface area contributed by atoms with E-state index in [1.54, 1.807) is 29.2 Å². The standard InChI is InChI=1S/C30H32F5N3O7S/c1-2-46(41,42)25-10-5-19(6-11-25)26(13-14-39)37-28(40)20-3-7-21(8-4-20)38-17-24(15-22(38)18-43-29(31)32)44-27-12-9-23(16-36-27)45-30(33,34)35/h3-12,16,22,24,26,29,39H,2,13-15,17-18H2,1H3,(H,37,40)/t22-,24-,26?/m0/s1. The van der Waals surface area contributed by atoms with Crippen LogP contribution in [0.3, 0.4) is 0 Å². The number of alkyl halides is 5. The van der Waals surface area contributed by atoms with E-state index in [0.29, 0.717) is 11.3 Å². The molecule has 1 aliphatic rings. The number of ether oxygens (including phenoxy) is 3. The van der Waals surface area contributed by atoms with Gasteiger partial charge in [-0.15, -0.1) is 13.2 Å². The third kappa shape index (κ3) is 9.50. The van der Waals surface area contributed by atoms with Crippen LogP contribution in [0.15, 0.2) is 71.8 Å². The van der Waals surface area contributed by atoms with E-state index in [1.165, 1.54) is 37.3 Å². The Balaban J connectivity index is 1.44. The zero-order chi connectivity index (χ0) is 33.5. The average Bonchev–Trinajstić information content (AvgIpc) is 3.42. The van der Waals surface area contributed by atoms with Crippen LogP contribution in [0, 0.1) is 0 Å². The number of hydrogen-bond acceptors (Lipinski definition) is 9. The lowest BCUT2D eigenvalue weighted by Gasteiger charge is -2.26. The third-order valence-electron chi connectivity index (χ3n) is 7.23. The Kier molecular flexibility index (Phi) is 11.4. The Morgan fingerprint density at radius 1 is 1.09 bits per heavy atom. The summed E-state index contributed by atoms with van der Waals surface area (Å²) in [5.41, 5.74) is 1.46. The summed E-state index contributed by atoms with van der Waals surface area (Å²) in [6, 6.07) is 13.5. The third-order valence-corrected chi connectivity index (χ3v) is 8.98. The molecule has 46 heavy (non-hydrogen) atoms. The molecule has 0 spiro atoms. The van der Waals surface area contributed by atoms with E-state index < -0.39 is 52.7 Å². The normalized spacial score (nSPS) is 17.6. The number of anilines is 1. The number of nitrogens with one attached hydrogen (secondary N) is 1. The minimum atomic E-state index is -4.88. The second-order valence-electron chi connectivity index (χ2n) is 10.3. The minimum absolute atomic E-state index is 0.0148. The first kappa shape index (κ1) is 34.8. The van der Waals surface area contributed by atoms with Crippen LogP contribution in [0.25, 0.3) is 0 Å². The van der Waals surface area contributed by atoms with E-state index in [0.717, 1.165) is 12.3 Å². The lowest BCUT2D eigenvalue weighted by molar-refractivity contribution is -0.274. The number of aliphatic hydroxyl groups excluding tert-OH is 1. The first-order valence-electron chi connectivity index (χ1n) is 14.2. The maximum Gasteiger partial charge on any atom is 0.573 e. The smallest absolute Gasteiger partial charge is 0.472 e. The summed E-state index contributed by atoms with van der Waals surface area (Å²) in [5.74, 6) is -1.02. The molecule has 1 amide bonds. The van der Waals surface area contributed by atoms with Gasteiger partial charge in [0.15, 0.2) is 9.84 Å². The van der Waals surface area contributed by atoms with Crippen LogP contribution < -0.4 is 19.7 Å². The highest BCUT2D eigenvalue weighted by Gasteiger charge is 2.35. The second kappa shape index (κ2) is 15.0. The van der Waals surface area contributed by atoms with Crippen molar-refractivity contribution < 1.29 is 54.5 Å².